The van der Waals surface area contributed by atoms with Crippen LogP contribution in [-0.4, -0.2) is 43.7 Å². The first-order valence-electron chi connectivity index (χ1n) is 6.30. The molecule has 19 heavy (non-hydrogen) atoms. The minimum absolute atomic E-state index is 0.195. The lowest BCUT2D eigenvalue weighted by atomic mass is 10.2. The highest BCUT2D eigenvalue weighted by Crippen LogP contribution is 2.19. The number of hydrogen-bond acceptors (Lipinski definition) is 4. The zero-order valence-corrected chi connectivity index (χ0v) is 10.7. The molecular formula is C13H18FN3O2. The third-order valence-corrected chi connectivity index (χ3v) is 2.97. The fourth-order valence-electron chi connectivity index (χ4n) is 1.99. The number of nitrogens with zero attached hydrogens (tertiary/aromatic N) is 1. The van der Waals surface area contributed by atoms with Crippen molar-refractivity contribution in [2.24, 2.45) is 0 Å². The zero-order valence-electron chi connectivity index (χ0n) is 10.7. The lowest BCUT2D eigenvalue weighted by Gasteiger charge is -2.18. The lowest BCUT2D eigenvalue weighted by Crippen LogP contribution is -2.35. The minimum Gasteiger partial charge on any atom is -0.397 e. The average Bonchev–Trinajstić information content (AvgIpc) is 2.62. The van der Waals surface area contributed by atoms with E-state index in [9.17, 15) is 9.18 Å². The quantitative estimate of drug-likeness (QED) is 0.804. The molecule has 0 unspecified atom stereocenters. The number of ether oxygens (including phenoxy) is 1. The Hall–Kier alpha value is -1.66. The second-order valence-electron chi connectivity index (χ2n) is 4.52. The number of nitrogens with one attached hydrogen (secondary N) is 1. The second kappa shape index (κ2) is 6.49. The standard InChI is InChI=1S/C13H18FN3O2/c14-10-2-3-11(15)12(8-10)16-13(18)9-17-4-1-6-19-7-5-17/h2-3,8H,1,4-7,9,15H2,(H,16,18). The Morgan fingerprint density at radius 1 is 1.42 bits per heavy atom. The molecule has 0 atom stereocenters. The third-order valence-electron chi connectivity index (χ3n) is 2.97. The Labute approximate surface area is 111 Å². The Morgan fingerprint density at radius 2 is 2.26 bits per heavy atom. The summed E-state index contributed by atoms with van der Waals surface area (Å²) in [4.78, 5) is 13.9. The van der Waals surface area contributed by atoms with E-state index in [0.29, 0.717) is 18.0 Å². The predicted molar refractivity (Wildman–Crippen MR) is 71.3 cm³/mol. The number of anilines is 2. The topological polar surface area (TPSA) is 67.6 Å². The van der Waals surface area contributed by atoms with Crippen LogP contribution in [0.2, 0.25) is 0 Å². The van der Waals surface area contributed by atoms with E-state index < -0.39 is 5.82 Å². The first-order valence-corrected chi connectivity index (χ1v) is 6.30. The Balaban J connectivity index is 1.91. The van der Waals surface area contributed by atoms with E-state index in [-0.39, 0.29) is 12.5 Å². The van der Waals surface area contributed by atoms with Crippen molar-refractivity contribution < 1.29 is 13.9 Å². The van der Waals surface area contributed by atoms with Gasteiger partial charge in [-0.25, -0.2) is 4.39 Å². The van der Waals surface area contributed by atoms with Gasteiger partial charge in [0.2, 0.25) is 5.91 Å². The molecule has 1 aromatic rings. The van der Waals surface area contributed by atoms with Gasteiger partial charge in [0.25, 0.3) is 0 Å². The van der Waals surface area contributed by atoms with Crippen LogP contribution in [0.5, 0.6) is 0 Å². The van der Waals surface area contributed by atoms with Gasteiger partial charge in [0.15, 0.2) is 0 Å². The van der Waals surface area contributed by atoms with Crippen molar-refractivity contribution >= 4 is 17.3 Å². The molecule has 0 bridgehead atoms. The molecular weight excluding hydrogens is 249 g/mol. The molecule has 0 spiro atoms. The van der Waals surface area contributed by atoms with Crippen molar-refractivity contribution in [3.63, 3.8) is 0 Å². The SMILES string of the molecule is Nc1ccc(F)cc1NC(=O)CN1CCCOCC1. The first-order chi connectivity index (χ1) is 9.15. The maximum absolute atomic E-state index is 13.1. The molecule has 1 aromatic carbocycles. The summed E-state index contributed by atoms with van der Waals surface area (Å²) in [6.45, 7) is 3.18. The van der Waals surface area contributed by atoms with Crippen LogP contribution < -0.4 is 11.1 Å². The summed E-state index contributed by atoms with van der Waals surface area (Å²) in [5, 5.41) is 2.63. The highest BCUT2D eigenvalue weighted by atomic mass is 19.1. The molecule has 1 aliphatic rings. The molecule has 0 saturated carbocycles. The van der Waals surface area contributed by atoms with Gasteiger partial charge in [0.1, 0.15) is 5.82 Å². The van der Waals surface area contributed by atoms with Crippen LogP contribution in [-0.2, 0) is 9.53 Å². The molecule has 6 heteroatoms. The average molecular weight is 267 g/mol. The lowest BCUT2D eigenvalue weighted by molar-refractivity contribution is -0.117. The van der Waals surface area contributed by atoms with Gasteiger partial charge in [-0.3, -0.25) is 9.69 Å². The van der Waals surface area contributed by atoms with Crippen LogP contribution in [0.25, 0.3) is 0 Å². The molecule has 1 saturated heterocycles. The molecule has 0 radical (unpaired) electrons. The van der Waals surface area contributed by atoms with Gasteiger partial charge in [-0.2, -0.15) is 0 Å². The van der Waals surface area contributed by atoms with Crippen molar-refractivity contribution in [3.05, 3.63) is 24.0 Å². The van der Waals surface area contributed by atoms with Gasteiger partial charge < -0.3 is 15.8 Å². The van der Waals surface area contributed by atoms with E-state index in [4.69, 9.17) is 10.5 Å². The van der Waals surface area contributed by atoms with E-state index in [0.717, 1.165) is 26.1 Å². The van der Waals surface area contributed by atoms with E-state index in [1.54, 1.807) is 0 Å². The van der Waals surface area contributed by atoms with Crippen molar-refractivity contribution in [1.29, 1.82) is 0 Å². The number of hydrogen-bond donors (Lipinski definition) is 2. The van der Waals surface area contributed by atoms with Gasteiger partial charge in [0.05, 0.1) is 24.5 Å². The zero-order chi connectivity index (χ0) is 13.7. The summed E-state index contributed by atoms with van der Waals surface area (Å²) in [5.74, 6) is -0.619. The van der Waals surface area contributed by atoms with Crippen LogP contribution >= 0.6 is 0 Å². The molecule has 1 fully saturated rings. The monoisotopic (exact) mass is 267 g/mol. The van der Waals surface area contributed by atoms with Crippen LogP contribution in [0.4, 0.5) is 15.8 Å². The first kappa shape index (κ1) is 13.8. The number of nitrogen functional groups attached to an aromatic ring is 1. The second-order valence-corrected chi connectivity index (χ2v) is 4.52. The normalized spacial score (nSPS) is 16.9. The largest absolute Gasteiger partial charge is 0.397 e. The van der Waals surface area contributed by atoms with E-state index >= 15 is 0 Å². The van der Waals surface area contributed by atoms with Crippen LogP contribution in [0.1, 0.15) is 6.42 Å². The summed E-state index contributed by atoms with van der Waals surface area (Å²) >= 11 is 0. The number of amides is 1. The number of halogens is 1. The summed E-state index contributed by atoms with van der Waals surface area (Å²) < 4.78 is 18.4. The molecule has 0 aliphatic carbocycles. The van der Waals surface area contributed by atoms with Gasteiger partial charge in [-0.15, -0.1) is 0 Å². The smallest absolute Gasteiger partial charge is 0.238 e. The molecule has 2 rings (SSSR count). The van der Waals surface area contributed by atoms with Crippen molar-refractivity contribution in [1.82, 2.24) is 4.90 Å². The van der Waals surface area contributed by atoms with Crippen molar-refractivity contribution in [2.75, 3.05) is 43.9 Å². The van der Waals surface area contributed by atoms with Gasteiger partial charge in [0, 0.05) is 19.7 Å². The van der Waals surface area contributed by atoms with Crippen molar-refractivity contribution in [2.45, 2.75) is 6.42 Å². The van der Waals surface area contributed by atoms with Crippen LogP contribution in [0.3, 0.4) is 0 Å². The molecule has 0 aromatic heterocycles. The summed E-state index contributed by atoms with van der Waals surface area (Å²) in [6.07, 6.45) is 0.912. The molecule has 1 aliphatic heterocycles. The molecule has 1 amide bonds. The summed E-state index contributed by atoms with van der Waals surface area (Å²) in [7, 11) is 0. The van der Waals surface area contributed by atoms with E-state index in [1.807, 2.05) is 4.90 Å². The fraction of sp³-hybridized carbons (Fsp3) is 0.462. The third kappa shape index (κ3) is 4.18. The highest BCUT2D eigenvalue weighted by Gasteiger charge is 2.14. The molecule has 1 heterocycles. The van der Waals surface area contributed by atoms with Gasteiger partial charge >= 0.3 is 0 Å². The Bertz CT molecular complexity index is 446. The molecule has 5 nitrogen and oxygen atoms in total. The minimum atomic E-state index is -0.423. The predicted octanol–water partition coefficient (Wildman–Crippen LogP) is 1.07. The maximum atomic E-state index is 13.1. The number of nitrogens with two attached hydrogens (primary N) is 1. The number of benzene rings is 1. The number of rotatable bonds is 3. The molecule has 3 N–H and O–H groups in total. The van der Waals surface area contributed by atoms with Gasteiger partial charge in [-0.1, -0.05) is 0 Å². The maximum Gasteiger partial charge on any atom is 0.238 e. The van der Waals surface area contributed by atoms with Crippen molar-refractivity contribution in [3.8, 4) is 0 Å². The Kier molecular flexibility index (Phi) is 4.70. The van der Waals surface area contributed by atoms with E-state index in [2.05, 4.69) is 5.32 Å². The summed E-state index contributed by atoms with van der Waals surface area (Å²) in [6, 6.07) is 3.92. The fourth-order valence-corrected chi connectivity index (χ4v) is 1.99. The van der Waals surface area contributed by atoms with Gasteiger partial charge in [-0.05, 0) is 24.6 Å². The Morgan fingerprint density at radius 3 is 3.11 bits per heavy atom. The number of carbonyl (C=O) groups is 1. The molecule has 104 valence electrons. The highest BCUT2D eigenvalue weighted by molar-refractivity contribution is 5.95. The van der Waals surface area contributed by atoms with E-state index in [1.165, 1.54) is 18.2 Å². The van der Waals surface area contributed by atoms with Crippen LogP contribution in [0.15, 0.2) is 18.2 Å². The number of carbonyl (C=O) groups excluding carboxylic acids is 1. The summed E-state index contributed by atoms with van der Waals surface area (Å²) in [5.41, 5.74) is 6.35. The van der Waals surface area contributed by atoms with Crippen LogP contribution in [0, 0.1) is 5.82 Å².